The molecule has 3 nitrogen and oxygen atoms in total. The predicted molar refractivity (Wildman–Crippen MR) is 60.4 cm³/mol. The van der Waals surface area contributed by atoms with Gasteiger partial charge in [-0.2, -0.15) is 5.26 Å². The second-order valence-electron chi connectivity index (χ2n) is 4.03. The highest BCUT2D eigenvalue weighted by molar-refractivity contribution is 7.09. The fourth-order valence-electron chi connectivity index (χ4n) is 2.15. The van der Waals surface area contributed by atoms with E-state index < -0.39 is 0 Å². The fourth-order valence-corrected chi connectivity index (χ4v) is 2.81. The third kappa shape index (κ3) is 2.36. The number of nitriles is 1. The van der Waals surface area contributed by atoms with Gasteiger partial charge in [-0.25, -0.2) is 4.98 Å². The molecule has 0 saturated heterocycles. The molecule has 2 rings (SSSR count). The maximum Gasteiger partial charge on any atom is 0.109 e. The van der Waals surface area contributed by atoms with Crippen molar-refractivity contribution in [1.29, 1.82) is 5.26 Å². The van der Waals surface area contributed by atoms with Gasteiger partial charge in [-0.05, 0) is 19.8 Å². The van der Waals surface area contributed by atoms with Gasteiger partial charge in [0.25, 0.3) is 0 Å². The molecule has 1 heterocycles. The first-order chi connectivity index (χ1) is 7.31. The maximum absolute atomic E-state index is 8.98. The molecule has 0 radical (unpaired) electrons. The summed E-state index contributed by atoms with van der Waals surface area (Å²) >= 11 is 1.67. The van der Waals surface area contributed by atoms with Crippen LogP contribution in [0.15, 0.2) is 11.6 Å². The number of rotatable bonds is 3. The molecule has 1 aliphatic rings. The molecule has 3 unspecified atom stereocenters. The van der Waals surface area contributed by atoms with Gasteiger partial charge in [0.05, 0.1) is 18.0 Å². The van der Waals surface area contributed by atoms with Crippen LogP contribution in [0.2, 0.25) is 0 Å². The van der Waals surface area contributed by atoms with E-state index in [2.05, 4.69) is 23.3 Å². The molecule has 1 fully saturated rings. The van der Waals surface area contributed by atoms with Crippen molar-refractivity contribution in [2.75, 3.05) is 0 Å². The van der Waals surface area contributed by atoms with E-state index >= 15 is 0 Å². The van der Waals surface area contributed by atoms with Crippen molar-refractivity contribution in [3.05, 3.63) is 16.6 Å². The zero-order valence-electron chi connectivity index (χ0n) is 8.81. The van der Waals surface area contributed by atoms with Crippen LogP contribution in [0, 0.1) is 17.2 Å². The standard InChI is InChI=1S/C11H15N3S/c1-8(11-13-5-6-15-11)14-10-4-2-3-9(10)7-12/h5-6,8-10,14H,2-4H2,1H3. The number of nitrogens with one attached hydrogen (secondary N) is 1. The molecule has 1 N–H and O–H groups in total. The van der Waals surface area contributed by atoms with E-state index in [0.29, 0.717) is 6.04 Å². The van der Waals surface area contributed by atoms with Crippen LogP contribution in [0.3, 0.4) is 0 Å². The van der Waals surface area contributed by atoms with Crippen LogP contribution >= 0.6 is 11.3 Å². The molecule has 80 valence electrons. The van der Waals surface area contributed by atoms with Crippen molar-refractivity contribution in [2.24, 2.45) is 5.92 Å². The molecule has 1 aromatic rings. The van der Waals surface area contributed by atoms with Gasteiger partial charge in [0.1, 0.15) is 5.01 Å². The largest absolute Gasteiger partial charge is 0.304 e. The van der Waals surface area contributed by atoms with Crippen LogP contribution in [0.1, 0.15) is 37.2 Å². The Kier molecular flexibility index (Phi) is 3.34. The minimum absolute atomic E-state index is 0.187. The Morgan fingerprint density at radius 2 is 2.53 bits per heavy atom. The van der Waals surface area contributed by atoms with E-state index in [0.717, 1.165) is 17.8 Å². The number of nitrogens with zero attached hydrogens (tertiary/aromatic N) is 2. The van der Waals surface area contributed by atoms with Gasteiger partial charge in [-0.15, -0.1) is 11.3 Å². The lowest BCUT2D eigenvalue weighted by molar-refractivity contribution is 0.417. The van der Waals surface area contributed by atoms with Crippen LogP contribution in [-0.4, -0.2) is 11.0 Å². The van der Waals surface area contributed by atoms with Gasteiger partial charge >= 0.3 is 0 Å². The molecule has 4 heteroatoms. The SMILES string of the molecule is CC(NC1CCCC1C#N)c1nccs1. The molecule has 15 heavy (non-hydrogen) atoms. The molecular weight excluding hydrogens is 206 g/mol. The third-order valence-corrected chi connectivity index (χ3v) is 3.93. The predicted octanol–water partition coefficient (Wildman–Crippen LogP) is 2.49. The average Bonchev–Trinajstić information content (AvgIpc) is 2.87. The Morgan fingerprint density at radius 3 is 3.20 bits per heavy atom. The van der Waals surface area contributed by atoms with E-state index in [1.165, 1.54) is 6.42 Å². The Balaban J connectivity index is 1.94. The zero-order chi connectivity index (χ0) is 10.7. The monoisotopic (exact) mass is 221 g/mol. The molecule has 1 saturated carbocycles. The van der Waals surface area contributed by atoms with Crippen LogP contribution in [-0.2, 0) is 0 Å². The lowest BCUT2D eigenvalue weighted by atomic mass is 10.1. The minimum atomic E-state index is 0.187. The summed E-state index contributed by atoms with van der Waals surface area (Å²) in [6, 6.07) is 3.01. The Bertz CT molecular complexity index is 341. The maximum atomic E-state index is 8.98. The summed E-state index contributed by atoms with van der Waals surface area (Å²) in [5.74, 6) is 0.187. The van der Waals surface area contributed by atoms with Crippen molar-refractivity contribution in [3.8, 4) is 6.07 Å². The highest BCUT2D eigenvalue weighted by Crippen LogP contribution is 2.27. The molecule has 3 atom stereocenters. The Morgan fingerprint density at radius 1 is 1.67 bits per heavy atom. The summed E-state index contributed by atoms with van der Waals surface area (Å²) < 4.78 is 0. The van der Waals surface area contributed by atoms with Gasteiger partial charge in [-0.3, -0.25) is 0 Å². The van der Waals surface area contributed by atoms with E-state index in [1.807, 2.05) is 11.6 Å². The lowest BCUT2D eigenvalue weighted by Crippen LogP contribution is -2.33. The van der Waals surface area contributed by atoms with Crippen molar-refractivity contribution in [3.63, 3.8) is 0 Å². The van der Waals surface area contributed by atoms with Crippen molar-refractivity contribution in [2.45, 2.75) is 38.3 Å². The summed E-state index contributed by atoms with van der Waals surface area (Å²) in [7, 11) is 0. The topological polar surface area (TPSA) is 48.7 Å². The van der Waals surface area contributed by atoms with Crippen molar-refractivity contribution < 1.29 is 0 Å². The normalized spacial score (nSPS) is 27.5. The second-order valence-corrected chi connectivity index (χ2v) is 4.96. The number of hydrogen-bond acceptors (Lipinski definition) is 4. The first-order valence-corrected chi connectivity index (χ1v) is 6.24. The molecule has 0 spiro atoms. The molecule has 0 aromatic carbocycles. The number of hydrogen-bond donors (Lipinski definition) is 1. The van der Waals surface area contributed by atoms with Crippen LogP contribution < -0.4 is 5.32 Å². The summed E-state index contributed by atoms with van der Waals surface area (Å²) in [5, 5.41) is 15.6. The summed E-state index contributed by atoms with van der Waals surface area (Å²) in [5.41, 5.74) is 0. The van der Waals surface area contributed by atoms with E-state index in [9.17, 15) is 0 Å². The van der Waals surface area contributed by atoms with E-state index in [-0.39, 0.29) is 12.0 Å². The highest BCUT2D eigenvalue weighted by atomic mass is 32.1. The molecule has 0 bridgehead atoms. The van der Waals surface area contributed by atoms with Gasteiger partial charge in [0.2, 0.25) is 0 Å². The Labute approximate surface area is 94.1 Å². The Hall–Kier alpha value is -0.920. The molecule has 0 amide bonds. The van der Waals surface area contributed by atoms with E-state index in [4.69, 9.17) is 5.26 Å². The van der Waals surface area contributed by atoms with Gasteiger partial charge in [0, 0.05) is 17.6 Å². The number of thiazole rings is 1. The van der Waals surface area contributed by atoms with E-state index in [1.54, 1.807) is 11.3 Å². The molecular formula is C11H15N3S. The zero-order valence-corrected chi connectivity index (χ0v) is 9.63. The first kappa shape index (κ1) is 10.6. The minimum Gasteiger partial charge on any atom is -0.304 e. The summed E-state index contributed by atoms with van der Waals surface area (Å²) in [4.78, 5) is 4.28. The molecule has 0 aliphatic heterocycles. The molecule has 1 aliphatic carbocycles. The molecule has 1 aromatic heterocycles. The van der Waals surface area contributed by atoms with Crippen LogP contribution in [0.5, 0.6) is 0 Å². The quantitative estimate of drug-likeness (QED) is 0.853. The van der Waals surface area contributed by atoms with Gasteiger partial charge in [0.15, 0.2) is 0 Å². The number of aromatic nitrogens is 1. The third-order valence-electron chi connectivity index (χ3n) is 2.97. The summed E-state index contributed by atoms with van der Waals surface area (Å²) in [6.07, 6.45) is 5.15. The first-order valence-electron chi connectivity index (χ1n) is 5.36. The lowest BCUT2D eigenvalue weighted by Gasteiger charge is -2.19. The fraction of sp³-hybridized carbons (Fsp3) is 0.636. The van der Waals surface area contributed by atoms with Crippen LogP contribution in [0.4, 0.5) is 0 Å². The van der Waals surface area contributed by atoms with Gasteiger partial charge < -0.3 is 5.32 Å². The summed E-state index contributed by atoms with van der Waals surface area (Å²) in [6.45, 7) is 2.12. The second kappa shape index (κ2) is 4.73. The van der Waals surface area contributed by atoms with Gasteiger partial charge in [-0.1, -0.05) is 6.42 Å². The smallest absolute Gasteiger partial charge is 0.109 e. The highest BCUT2D eigenvalue weighted by Gasteiger charge is 2.28. The van der Waals surface area contributed by atoms with Crippen molar-refractivity contribution >= 4 is 11.3 Å². The average molecular weight is 221 g/mol. The van der Waals surface area contributed by atoms with Crippen LogP contribution in [0.25, 0.3) is 0 Å². The van der Waals surface area contributed by atoms with Crippen molar-refractivity contribution in [1.82, 2.24) is 10.3 Å².